The smallest absolute Gasteiger partial charge is 0.302 e. The average molecular weight is 533 g/mol. The van der Waals surface area contributed by atoms with Crippen LogP contribution in [-0.4, -0.2) is 63.4 Å². The van der Waals surface area contributed by atoms with Crippen molar-refractivity contribution >= 4 is 17.5 Å². The van der Waals surface area contributed by atoms with Gasteiger partial charge in [0.05, 0.1) is 29.5 Å². The summed E-state index contributed by atoms with van der Waals surface area (Å²) < 4.78 is 18.4. The van der Waals surface area contributed by atoms with Crippen LogP contribution in [0.5, 0.6) is 0 Å². The number of hydrogen-bond acceptors (Lipinski definition) is 8. The van der Waals surface area contributed by atoms with Gasteiger partial charge < -0.3 is 24.4 Å². The van der Waals surface area contributed by atoms with Crippen LogP contribution in [0, 0.1) is 23.2 Å². The fourth-order valence-corrected chi connectivity index (χ4v) is 7.46. The highest BCUT2D eigenvalue weighted by Gasteiger charge is 2.64. The minimum Gasteiger partial charge on any atom is -0.482 e. The predicted molar refractivity (Wildman–Crippen MR) is 140 cm³/mol. The van der Waals surface area contributed by atoms with Gasteiger partial charge in [0, 0.05) is 29.7 Å². The summed E-state index contributed by atoms with van der Waals surface area (Å²) in [6.07, 6.45) is 2.21. The van der Waals surface area contributed by atoms with Crippen LogP contribution < -0.4 is 0 Å². The van der Waals surface area contributed by atoms with E-state index in [1.807, 2.05) is 20.8 Å². The number of allylic oxidation sites excluding steroid dienone is 2. The molecule has 2 unspecified atom stereocenters. The zero-order chi connectivity index (χ0) is 28.4. The molecular formula is C30H44O8. The summed E-state index contributed by atoms with van der Waals surface area (Å²) in [7, 11) is 0. The normalized spacial score (nSPS) is 37.7. The van der Waals surface area contributed by atoms with Gasteiger partial charge in [-0.1, -0.05) is 34.1 Å². The topological polar surface area (TPSA) is 119 Å². The number of ether oxygens (including phenoxy) is 3. The summed E-state index contributed by atoms with van der Waals surface area (Å²) in [4.78, 5) is 39.1. The highest BCUT2D eigenvalue weighted by atomic mass is 16.5. The van der Waals surface area contributed by atoms with Crippen molar-refractivity contribution in [3.05, 3.63) is 23.0 Å². The van der Waals surface area contributed by atoms with Crippen LogP contribution in [0.25, 0.3) is 0 Å². The largest absolute Gasteiger partial charge is 0.482 e. The number of fused-ring (bicyclic) bond motifs is 3. The van der Waals surface area contributed by atoms with Crippen LogP contribution in [0.15, 0.2) is 23.0 Å². The Bertz CT molecular complexity index is 1070. The highest BCUT2D eigenvalue weighted by Crippen LogP contribution is 2.59. The Hall–Kier alpha value is -2.03. The third-order valence-electron chi connectivity index (χ3n) is 9.77. The SMILES string of the molecule is CC[C@H](C)[C@@H](OC(C)=O)[C@@H](C)C1=CC(=O)C2=C(O[C@]3(C)CCC4O[C@@H](C(C)(C)O)CC[C@]4(C)C3[C@@H]2O)C1=O. The average Bonchev–Trinajstić information content (AvgIpc) is 2.81. The molecule has 0 aromatic rings. The summed E-state index contributed by atoms with van der Waals surface area (Å²) in [6, 6.07) is 0. The Morgan fingerprint density at radius 1 is 1.21 bits per heavy atom. The number of carbonyl (C=O) groups excluding carboxylic acids is 3. The quantitative estimate of drug-likeness (QED) is 0.391. The van der Waals surface area contributed by atoms with Crippen molar-refractivity contribution in [1.82, 2.24) is 0 Å². The summed E-state index contributed by atoms with van der Waals surface area (Å²) >= 11 is 0. The number of ketones is 2. The molecule has 0 spiro atoms. The van der Waals surface area contributed by atoms with Crippen molar-refractivity contribution in [3.63, 3.8) is 0 Å². The second-order valence-electron chi connectivity index (χ2n) is 13.0. The van der Waals surface area contributed by atoms with E-state index in [1.165, 1.54) is 13.0 Å². The Labute approximate surface area is 225 Å². The number of Topliss-reactive ketones (excluding diaryl/α,β-unsaturated/α-hetero) is 1. The molecule has 2 aliphatic heterocycles. The Morgan fingerprint density at radius 3 is 2.45 bits per heavy atom. The summed E-state index contributed by atoms with van der Waals surface area (Å²) in [5, 5.41) is 22.3. The monoisotopic (exact) mass is 532 g/mol. The first-order valence-electron chi connectivity index (χ1n) is 14.0. The zero-order valence-corrected chi connectivity index (χ0v) is 24.0. The van der Waals surface area contributed by atoms with Gasteiger partial charge in [0.1, 0.15) is 11.7 Å². The maximum atomic E-state index is 13.8. The number of carbonyl (C=O) groups is 3. The van der Waals surface area contributed by atoms with E-state index in [0.29, 0.717) is 25.7 Å². The maximum absolute atomic E-state index is 13.8. The molecule has 2 aliphatic carbocycles. The van der Waals surface area contributed by atoms with Crippen molar-refractivity contribution in [2.75, 3.05) is 0 Å². The molecule has 4 rings (SSSR count). The molecule has 2 heterocycles. The minimum atomic E-state index is -1.19. The number of aliphatic hydroxyl groups excluding tert-OH is 1. The fraction of sp³-hybridized carbons (Fsp3) is 0.767. The fourth-order valence-electron chi connectivity index (χ4n) is 7.46. The van der Waals surface area contributed by atoms with Crippen LogP contribution in [0.2, 0.25) is 0 Å². The van der Waals surface area contributed by atoms with E-state index in [-0.39, 0.29) is 35.0 Å². The summed E-state index contributed by atoms with van der Waals surface area (Å²) in [5.41, 5.74) is -2.12. The van der Waals surface area contributed by atoms with Crippen LogP contribution in [0.4, 0.5) is 0 Å². The predicted octanol–water partition coefficient (Wildman–Crippen LogP) is 3.82. The third-order valence-corrected chi connectivity index (χ3v) is 9.77. The molecule has 38 heavy (non-hydrogen) atoms. The molecule has 0 aromatic heterocycles. The number of aliphatic hydroxyl groups is 2. The Morgan fingerprint density at radius 2 is 1.87 bits per heavy atom. The van der Waals surface area contributed by atoms with Gasteiger partial charge in [0.15, 0.2) is 11.5 Å². The molecule has 1 saturated carbocycles. The highest BCUT2D eigenvalue weighted by molar-refractivity contribution is 6.22. The van der Waals surface area contributed by atoms with Crippen LogP contribution in [0.3, 0.4) is 0 Å². The van der Waals surface area contributed by atoms with E-state index in [0.717, 1.165) is 6.42 Å². The molecule has 0 amide bonds. The van der Waals surface area contributed by atoms with E-state index in [2.05, 4.69) is 6.92 Å². The molecule has 2 N–H and O–H groups in total. The van der Waals surface area contributed by atoms with Gasteiger partial charge in [-0.25, -0.2) is 0 Å². The van der Waals surface area contributed by atoms with E-state index in [1.54, 1.807) is 20.8 Å². The molecule has 212 valence electrons. The first-order valence-corrected chi connectivity index (χ1v) is 14.0. The zero-order valence-electron chi connectivity index (χ0n) is 24.0. The van der Waals surface area contributed by atoms with E-state index >= 15 is 0 Å². The number of esters is 1. The number of hydrogen-bond donors (Lipinski definition) is 2. The lowest BCUT2D eigenvalue weighted by Gasteiger charge is -2.61. The third kappa shape index (κ3) is 4.66. The lowest BCUT2D eigenvalue weighted by molar-refractivity contribution is -0.260. The second kappa shape index (κ2) is 9.86. The maximum Gasteiger partial charge on any atom is 0.302 e. The van der Waals surface area contributed by atoms with Gasteiger partial charge in [-0.05, 0) is 58.4 Å². The molecule has 0 aromatic carbocycles. The van der Waals surface area contributed by atoms with Crippen LogP contribution >= 0.6 is 0 Å². The van der Waals surface area contributed by atoms with Crippen LogP contribution in [0.1, 0.15) is 87.5 Å². The standard InChI is InChI=1S/C30H44O8/c1-9-15(2)25(36-17(4)31)16(3)18-14-19(32)22-24(34)27-29(7)12-10-20(28(5,6)35)37-21(29)11-13-30(27,8)38-26(22)23(18)33/h14-16,20-21,24-25,27,34-35H,9-13H2,1-8H3/t15-,16-,20+,21?,24+,25+,27?,29-,30+/m0/s1. The number of rotatable bonds is 6. The summed E-state index contributed by atoms with van der Waals surface area (Å²) in [6.45, 7) is 14.5. The van der Waals surface area contributed by atoms with Crippen LogP contribution in [-0.2, 0) is 28.6 Å². The van der Waals surface area contributed by atoms with Gasteiger partial charge in [-0.2, -0.15) is 0 Å². The van der Waals surface area contributed by atoms with Crippen molar-refractivity contribution < 1.29 is 38.8 Å². The van der Waals surface area contributed by atoms with Crippen molar-refractivity contribution in [1.29, 1.82) is 0 Å². The van der Waals surface area contributed by atoms with E-state index in [4.69, 9.17) is 14.2 Å². The molecule has 0 bridgehead atoms. The minimum absolute atomic E-state index is 0.00693. The van der Waals surface area contributed by atoms with Gasteiger partial charge in [0.25, 0.3) is 0 Å². The van der Waals surface area contributed by atoms with Crippen molar-refractivity contribution in [3.8, 4) is 0 Å². The molecule has 0 radical (unpaired) electrons. The van der Waals surface area contributed by atoms with Gasteiger partial charge in [-0.15, -0.1) is 0 Å². The molecule has 1 saturated heterocycles. The lowest BCUT2D eigenvalue weighted by Crippen LogP contribution is -2.66. The van der Waals surface area contributed by atoms with Crippen molar-refractivity contribution in [2.45, 2.75) is 123 Å². The first-order chi connectivity index (χ1) is 17.5. The van der Waals surface area contributed by atoms with Gasteiger partial charge >= 0.3 is 5.97 Å². The van der Waals surface area contributed by atoms with E-state index < -0.39 is 58.2 Å². The lowest BCUT2D eigenvalue weighted by atomic mass is 9.52. The molecule has 9 atom stereocenters. The second-order valence-corrected chi connectivity index (χ2v) is 13.0. The van der Waals surface area contributed by atoms with E-state index in [9.17, 15) is 24.6 Å². The first kappa shape index (κ1) is 29.0. The Kier molecular flexibility index (Phi) is 7.52. The van der Waals surface area contributed by atoms with Gasteiger partial charge in [0.2, 0.25) is 5.78 Å². The molecule has 8 heteroatoms. The Balaban J connectivity index is 1.67. The molecular weight excluding hydrogens is 488 g/mol. The molecule has 2 fully saturated rings. The molecule has 8 nitrogen and oxygen atoms in total. The van der Waals surface area contributed by atoms with Crippen molar-refractivity contribution in [2.24, 2.45) is 23.2 Å². The molecule has 4 aliphatic rings. The summed E-state index contributed by atoms with van der Waals surface area (Å²) in [5.74, 6) is -2.41. The van der Waals surface area contributed by atoms with Gasteiger partial charge in [-0.3, -0.25) is 14.4 Å².